The molecule has 1 saturated heterocycles. The van der Waals surface area contributed by atoms with Crippen molar-refractivity contribution in [3.05, 3.63) is 42.1 Å². The smallest absolute Gasteiger partial charge is 0.0734 e. The van der Waals surface area contributed by atoms with E-state index in [0.717, 1.165) is 31.6 Å². The molecule has 2 aromatic rings. The summed E-state index contributed by atoms with van der Waals surface area (Å²) in [4.78, 5) is 7.16. The zero-order chi connectivity index (χ0) is 14.9. The SMILES string of the molecule is CC1CNC(C)(C)CN1CCc1cccc2cccnc12. The van der Waals surface area contributed by atoms with Gasteiger partial charge in [0.15, 0.2) is 0 Å². The molecule has 3 nitrogen and oxygen atoms in total. The van der Waals surface area contributed by atoms with E-state index in [4.69, 9.17) is 0 Å². The summed E-state index contributed by atoms with van der Waals surface area (Å²) in [5, 5.41) is 4.85. The molecule has 112 valence electrons. The monoisotopic (exact) mass is 283 g/mol. The molecule has 1 atom stereocenters. The molecule has 3 rings (SSSR count). The van der Waals surface area contributed by atoms with Crippen molar-refractivity contribution in [3.8, 4) is 0 Å². The second-order valence-corrected chi connectivity index (χ2v) is 6.83. The third-order valence-corrected chi connectivity index (χ3v) is 4.48. The maximum Gasteiger partial charge on any atom is 0.0734 e. The van der Waals surface area contributed by atoms with Gasteiger partial charge in [0.2, 0.25) is 0 Å². The average molecular weight is 283 g/mol. The van der Waals surface area contributed by atoms with E-state index in [1.54, 1.807) is 0 Å². The molecule has 0 aliphatic carbocycles. The van der Waals surface area contributed by atoms with Crippen molar-refractivity contribution in [3.63, 3.8) is 0 Å². The summed E-state index contributed by atoms with van der Waals surface area (Å²) in [5.74, 6) is 0. The van der Waals surface area contributed by atoms with Crippen LogP contribution >= 0.6 is 0 Å². The van der Waals surface area contributed by atoms with E-state index in [-0.39, 0.29) is 5.54 Å². The Morgan fingerprint density at radius 2 is 2.10 bits per heavy atom. The standard InChI is InChI=1S/C18H25N3/c1-14-12-20-18(2,3)13-21(14)11-9-16-7-4-6-15-8-5-10-19-17(15)16/h4-8,10,14,20H,9,11-13H2,1-3H3. The van der Waals surface area contributed by atoms with Gasteiger partial charge in [-0.3, -0.25) is 9.88 Å². The van der Waals surface area contributed by atoms with Crippen LogP contribution in [0, 0.1) is 0 Å². The molecule has 1 aliphatic heterocycles. The van der Waals surface area contributed by atoms with Gasteiger partial charge in [0, 0.05) is 42.8 Å². The van der Waals surface area contributed by atoms with Gasteiger partial charge in [-0.15, -0.1) is 0 Å². The van der Waals surface area contributed by atoms with E-state index in [1.807, 2.05) is 12.3 Å². The summed E-state index contributed by atoms with van der Waals surface area (Å²) >= 11 is 0. The minimum atomic E-state index is 0.212. The highest BCUT2D eigenvalue weighted by atomic mass is 15.2. The fraction of sp³-hybridized carbons (Fsp3) is 0.500. The molecular weight excluding hydrogens is 258 g/mol. The molecular formula is C18H25N3. The van der Waals surface area contributed by atoms with Crippen molar-refractivity contribution in [2.45, 2.75) is 38.8 Å². The van der Waals surface area contributed by atoms with Crippen molar-refractivity contribution in [2.75, 3.05) is 19.6 Å². The topological polar surface area (TPSA) is 28.2 Å². The van der Waals surface area contributed by atoms with Crippen molar-refractivity contribution in [1.29, 1.82) is 0 Å². The molecule has 2 heterocycles. The molecule has 0 saturated carbocycles. The number of pyridine rings is 1. The maximum absolute atomic E-state index is 4.56. The van der Waals surface area contributed by atoms with E-state index >= 15 is 0 Å². The zero-order valence-electron chi connectivity index (χ0n) is 13.3. The fourth-order valence-electron chi connectivity index (χ4n) is 3.21. The van der Waals surface area contributed by atoms with Crippen LogP contribution in [0.4, 0.5) is 0 Å². The molecule has 1 fully saturated rings. The van der Waals surface area contributed by atoms with Crippen LogP contribution in [-0.4, -0.2) is 41.1 Å². The highest BCUT2D eigenvalue weighted by Crippen LogP contribution is 2.19. The predicted molar refractivity (Wildman–Crippen MR) is 88.6 cm³/mol. The normalized spacial score (nSPS) is 22.5. The summed E-state index contributed by atoms with van der Waals surface area (Å²) in [6.45, 7) is 10.1. The summed E-state index contributed by atoms with van der Waals surface area (Å²) in [5.41, 5.74) is 2.72. The minimum absolute atomic E-state index is 0.212. The number of nitrogens with one attached hydrogen (secondary N) is 1. The van der Waals surface area contributed by atoms with E-state index in [9.17, 15) is 0 Å². The van der Waals surface area contributed by atoms with Crippen molar-refractivity contribution in [1.82, 2.24) is 15.2 Å². The van der Waals surface area contributed by atoms with E-state index in [2.05, 4.69) is 60.2 Å². The predicted octanol–water partition coefficient (Wildman–Crippen LogP) is 2.85. The lowest BCUT2D eigenvalue weighted by atomic mass is 9.98. The highest BCUT2D eigenvalue weighted by molar-refractivity contribution is 5.81. The Labute approximate surface area is 127 Å². The number of piperazine rings is 1. The first-order chi connectivity index (χ1) is 10.1. The van der Waals surface area contributed by atoms with Crippen LogP contribution in [-0.2, 0) is 6.42 Å². The molecule has 1 aliphatic rings. The molecule has 1 unspecified atom stereocenters. The Balaban J connectivity index is 1.74. The van der Waals surface area contributed by atoms with Gasteiger partial charge in [0.1, 0.15) is 0 Å². The number of para-hydroxylation sites is 1. The number of benzene rings is 1. The Morgan fingerprint density at radius 1 is 1.29 bits per heavy atom. The molecule has 21 heavy (non-hydrogen) atoms. The van der Waals surface area contributed by atoms with Crippen LogP contribution in [0.3, 0.4) is 0 Å². The van der Waals surface area contributed by atoms with Crippen LogP contribution in [0.15, 0.2) is 36.5 Å². The molecule has 0 bridgehead atoms. The fourth-order valence-corrected chi connectivity index (χ4v) is 3.21. The molecule has 0 spiro atoms. The van der Waals surface area contributed by atoms with Crippen LogP contribution in [0.2, 0.25) is 0 Å². The third-order valence-electron chi connectivity index (χ3n) is 4.48. The van der Waals surface area contributed by atoms with E-state index < -0.39 is 0 Å². The van der Waals surface area contributed by atoms with Crippen LogP contribution in [0.25, 0.3) is 10.9 Å². The first kappa shape index (κ1) is 14.5. The lowest BCUT2D eigenvalue weighted by Crippen LogP contribution is -2.60. The second kappa shape index (κ2) is 5.74. The quantitative estimate of drug-likeness (QED) is 0.939. The Kier molecular flexibility index (Phi) is 3.96. The summed E-state index contributed by atoms with van der Waals surface area (Å²) in [6, 6.07) is 11.2. The molecule has 1 aromatic heterocycles. The number of aromatic nitrogens is 1. The summed E-state index contributed by atoms with van der Waals surface area (Å²) < 4.78 is 0. The van der Waals surface area contributed by atoms with Crippen LogP contribution < -0.4 is 5.32 Å². The lowest BCUT2D eigenvalue weighted by molar-refractivity contribution is 0.106. The van der Waals surface area contributed by atoms with Gasteiger partial charge < -0.3 is 5.32 Å². The molecule has 3 heteroatoms. The maximum atomic E-state index is 4.56. The number of nitrogens with zero attached hydrogens (tertiary/aromatic N) is 2. The van der Waals surface area contributed by atoms with Gasteiger partial charge in [-0.1, -0.05) is 24.3 Å². The number of hydrogen-bond acceptors (Lipinski definition) is 3. The van der Waals surface area contributed by atoms with Gasteiger partial charge in [-0.05, 0) is 38.8 Å². The zero-order valence-corrected chi connectivity index (χ0v) is 13.3. The van der Waals surface area contributed by atoms with Crippen molar-refractivity contribution >= 4 is 10.9 Å². The third kappa shape index (κ3) is 3.25. The Bertz CT molecular complexity index is 615. The van der Waals surface area contributed by atoms with E-state index in [1.165, 1.54) is 10.9 Å². The second-order valence-electron chi connectivity index (χ2n) is 6.83. The van der Waals surface area contributed by atoms with Crippen molar-refractivity contribution in [2.24, 2.45) is 0 Å². The van der Waals surface area contributed by atoms with Gasteiger partial charge in [-0.25, -0.2) is 0 Å². The Morgan fingerprint density at radius 3 is 2.95 bits per heavy atom. The van der Waals surface area contributed by atoms with Gasteiger partial charge in [-0.2, -0.15) is 0 Å². The molecule has 0 radical (unpaired) electrons. The van der Waals surface area contributed by atoms with Crippen molar-refractivity contribution < 1.29 is 0 Å². The first-order valence-corrected chi connectivity index (χ1v) is 7.87. The van der Waals surface area contributed by atoms with Gasteiger partial charge >= 0.3 is 0 Å². The molecule has 1 aromatic carbocycles. The largest absolute Gasteiger partial charge is 0.309 e. The Hall–Kier alpha value is -1.45. The number of fused-ring (bicyclic) bond motifs is 1. The minimum Gasteiger partial charge on any atom is -0.309 e. The number of rotatable bonds is 3. The summed E-state index contributed by atoms with van der Waals surface area (Å²) in [7, 11) is 0. The van der Waals surface area contributed by atoms with Gasteiger partial charge in [0.05, 0.1) is 5.52 Å². The van der Waals surface area contributed by atoms with Crippen LogP contribution in [0.1, 0.15) is 26.3 Å². The summed E-state index contributed by atoms with van der Waals surface area (Å²) in [6.07, 6.45) is 2.96. The van der Waals surface area contributed by atoms with E-state index in [0.29, 0.717) is 6.04 Å². The first-order valence-electron chi connectivity index (χ1n) is 7.87. The lowest BCUT2D eigenvalue weighted by Gasteiger charge is -2.43. The molecule has 1 N–H and O–H groups in total. The van der Waals surface area contributed by atoms with Gasteiger partial charge in [0.25, 0.3) is 0 Å². The highest BCUT2D eigenvalue weighted by Gasteiger charge is 2.29. The van der Waals surface area contributed by atoms with Crippen LogP contribution in [0.5, 0.6) is 0 Å². The molecule has 0 amide bonds. The average Bonchev–Trinajstić information content (AvgIpc) is 2.48. The number of hydrogen-bond donors (Lipinski definition) is 1.